The van der Waals surface area contributed by atoms with E-state index in [1.807, 2.05) is 6.07 Å². The number of aromatic nitrogens is 1. The Kier molecular flexibility index (Phi) is 3.94. The van der Waals surface area contributed by atoms with Crippen LogP contribution >= 0.6 is 0 Å². The fourth-order valence-electron chi connectivity index (χ4n) is 3.37. The number of hydrogen-bond acceptors (Lipinski definition) is 4. The molecule has 0 radical (unpaired) electrons. The van der Waals surface area contributed by atoms with Crippen LogP contribution < -0.4 is 0 Å². The number of fused-ring (bicyclic) bond motifs is 1. The highest BCUT2D eigenvalue weighted by Gasteiger charge is 2.20. The molecule has 4 nitrogen and oxygen atoms in total. The van der Waals surface area contributed by atoms with Gasteiger partial charge >= 0.3 is 0 Å². The Bertz CT molecular complexity index is 869. The summed E-state index contributed by atoms with van der Waals surface area (Å²) in [6.07, 6.45) is 2.74. The van der Waals surface area contributed by atoms with Crippen molar-refractivity contribution in [1.29, 1.82) is 0 Å². The van der Waals surface area contributed by atoms with Crippen molar-refractivity contribution >= 4 is 11.0 Å². The van der Waals surface area contributed by atoms with E-state index in [1.54, 1.807) is 24.3 Å². The number of halogens is 1. The maximum Gasteiger partial charge on any atom is 0.175 e. The minimum atomic E-state index is -0.246. The first-order chi connectivity index (χ1) is 11.7. The molecule has 0 amide bonds. The first-order valence-electron chi connectivity index (χ1n) is 8.27. The third-order valence-corrected chi connectivity index (χ3v) is 4.69. The first-order valence-corrected chi connectivity index (χ1v) is 8.27. The molecule has 0 saturated carbocycles. The van der Waals surface area contributed by atoms with Gasteiger partial charge in [-0.3, -0.25) is 4.90 Å². The van der Waals surface area contributed by atoms with Gasteiger partial charge in [0.05, 0.1) is 11.3 Å². The molecule has 1 saturated heterocycles. The predicted octanol–water partition coefficient (Wildman–Crippen LogP) is 3.86. The fraction of sp³-hybridized carbons (Fsp3) is 0.316. The summed E-state index contributed by atoms with van der Waals surface area (Å²) in [6.45, 7) is 2.72. The molecule has 0 bridgehead atoms. The zero-order valence-electron chi connectivity index (χ0n) is 13.3. The molecular formula is C19H19FN2O2. The molecule has 5 heteroatoms. The molecule has 0 unspecified atom stereocenters. The summed E-state index contributed by atoms with van der Waals surface area (Å²) >= 11 is 0. The lowest BCUT2D eigenvalue weighted by molar-refractivity contribution is 0.321. The SMILES string of the molecule is Oc1ccc2c(Cc3ccccc3F)noc2c1CN1CCCC1. The molecule has 0 aliphatic carbocycles. The zero-order chi connectivity index (χ0) is 16.5. The Hall–Kier alpha value is -2.40. The second kappa shape index (κ2) is 6.24. The predicted molar refractivity (Wildman–Crippen MR) is 89.4 cm³/mol. The molecule has 1 fully saturated rings. The topological polar surface area (TPSA) is 49.5 Å². The highest BCUT2D eigenvalue weighted by atomic mass is 19.1. The van der Waals surface area contributed by atoms with Gasteiger partial charge in [0.1, 0.15) is 11.6 Å². The van der Waals surface area contributed by atoms with Crippen molar-refractivity contribution in [3.05, 3.63) is 59.0 Å². The van der Waals surface area contributed by atoms with E-state index in [0.717, 1.165) is 24.0 Å². The third-order valence-electron chi connectivity index (χ3n) is 4.69. The van der Waals surface area contributed by atoms with Crippen molar-refractivity contribution in [2.75, 3.05) is 13.1 Å². The normalized spacial score (nSPS) is 15.4. The van der Waals surface area contributed by atoms with Crippen LogP contribution in [0.2, 0.25) is 0 Å². The monoisotopic (exact) mass is 326 g/mol. The average Bonchev–Trinajstić information content (AvgIpc) is 3.22. The first kappa shape index (κ1) is 15.1. The van der Waals surface area contributed by atoms with E-state index in [1.165, 1.54) is 18.9 Å². The van der Waals surface area contributed by atoms with E-state index in [4.69, 9.17) is 4.52 Å². The number of nitrogens with zero attached hydrogens (tertiary/aromatic N) is 2. The van der Waals surface area contributed by atoms with E-state index < -0.39 is 0 Å². The number of phenols is 1. The number of hydrogen-bond donors (Lipinski definition) is 1. The lowest BCUT2D eigenvalue weighted by Crippen LogP contribution is -2.18. The van der Waals surface area contributed by atoms with Gasteiger partial charge in [-0.25, -0.2) is 4.39 Å². The number of likely N-dealkylation sites (tertiary alicyclic amines) is 1. The van der Waals surface area contributed by atoms with Crippen molar-refractivity contribution in [3.8, 4) is 5.75 Å². The molecule has 1 aliphatic heterocycles. The van der Waals surface area contributed by atoms with Crippen LogP contribution in [0.5, 0.6) is 5.75 Å². The summed E-state index contributed by atoms with van der Waals surface area (Å²) in [4.78, 5) is 2.30. The highest BCUT2D eigenvalue weighted by Crippen LogP contribution is 2.32. The van der Waals surface area contributed by atoms with Crippen LogP contribution in [0.3, 0.4) is 0 Å². The summed E-state index contributed by atoms with van der Waals surface area (Å²) in [5, 5.41) is 15.2. The van der Waals surface area contributed by atoms with Crippen molar-refractivity contribution in [3.63, 3.8) is 0 Å². The van der Waals surface area contributed by atoms with Gasteiger partial charge in [-0.05, 0) is 49.7 Å². The summed E-state index contributed by atoms with van der Waals surface area (Å²) < 4.78 is 19.4. The molecular weight excluding hydrogens is 307 g/mol. The lowest BCUT2D eigenvalue weighted by atomic mass is 10.0. The third kappa shape index (κ3) is 2.76. The quantitative estimate of drug-likeness (QED) is 0.791. The van der Waals surface area contributed by atoms with Crippen molar-refractivity contribution in [2.45, 2.75) is 25.8 Å². The Labute approximate surface area is 139 Å². The van der Waals surface area contributed by atoms with Crippen LogP contribution in [0.4, 0.5) is 4.39 Å². The van der Waals surface area contributed by atoms with Gasteiger partial charge in [0.15, 0.2) is 5.58 Å². The fourth-order valence-corrected chi connectivity index (χ4v) is 3.37. The lowest BCUT2D eigenvalue weighted by Gasteiger charge is -2.15. The molecule has 2 heterocycles. The summed E-state index contributed by atoms with van der Waals surface area (Å²) in [6, 6.07) is 10.2. The zero-order valence-corrected chi connectivity index (χ0v) is 13.3. The number of benzene rings is 2. The maximum absolute atomic E-state index is 13.9. The van der Waals surface area contributed by atoms with Crippen LogP contribution in [-0.4, -0.2) is 28.3 Å². The average molecular weight is 326 g/mol. The molecule has 0 atom stereocenters. The standard InChI is InChI=1S/C19H19FN2O2/c20-16-6-2-1-5-13(16)11-17-14-7-8-18(23)15(19(14)24-21-17)12-22-9-3-4-10-22/h1-2,5-8,23H,3-4,9-12H2. The Balaban J connectivity index is 1.70. The second-order valence-corrected chi connectivity index (χ2v) is 6.32. The number of rotatable bonds is 4. The van der Waals surface area contributed by atoms with Gasteiger partial charge < -0.3 is 9.63 Å². The minimum Gasteiger partial charge on any atom is -0.507 e. The maximum atomic E-state index is 13.9. The van der Waals surface area contributed by atoms with Gasteiger partial charge in [-0.1, -0.05) is 23.4 Å². The van der Waals surface area contributed by atoms with E-state index in [9.17, 15) is 9.50 Å². The molecule has 3 aromatic rings. The van der Waals surface area contributed by atoms with Crippen LogP contribution in [0.15, 0.2) is 40.9 Å². The van der Waals surface area contributed by atoms with E-state index in [-0.39, 0.29) is 11.6 Å². The smallest absolute Gasteiger partial charge is 0.175 e. The van der Waals surface area contributed by atoms with Crippen LogP contribution in [-0.2, 0) is 13.0 Å². The van der Waals surface area contributed by atoms with E-state index in [0.29, 0.717) is 29.8 Å². The molecule has 4 rings (SSSR count). The molecule has 2 aromatic carbocycles. The number of phenolic OH excluding ortho intramolecular Hbond substituents is 1. The van der Waals surface area contributed by atoms with Crippen LogP contribution in [0.25, 0.3) is 11.0 Å². The Morgan fingerprint density at radius 3 is 2.71 bits per heavy atom. The second-order valence-electron chi connectivity index (χ2n) is 6.32. The number of aromatic hydroxyl groups is 1. The molecule has 1 N–H and O–H groups in total. The Morgan fingerprint density at radius 2 is 1.92 bits per heavy atom. The largest absolute Gasteiger partial charge is 0.507 e. The van der Waals surface area contributed by atoms with Gasteiger partial charge in [0.2, 0.25) is 0 Å². The van der Waals surface area contributed by atoms with Gasteiger partial charge in [-0.15, -0.1) is 0 Å². The molecule has 1 aliphatic rings. The Morgan fingerprint density at radius 1 is 1.12 bits per heavy atom. The molecule has 124 valence electrons. The van der Waals surface area contributed by atoms with Crippen molar-refractivity contribution in [2.24, 2.45) is 0 Å². The summed E-state index contributed by atoms with van der Waals surface area (Å²) in [7, 11) is 0. The molecule has 1 aromatic heterocycles. The van der Waals surface area contributed by atoms with Crippen LogP contribution in [0, 0.1) is 5.82 Å². The van der Waals surface area contributed by atoms with Crippen molar-refractivity contribution < 1.29 is 14.0 Å². The van der Waals surface area contributed by atoms with Crippen LogP contribution in [0.1, 0.15) is 29.7 Å². The summed E-state index contributed by atoms with van der Waals surface area (Å²) in [5.41, 5.74) is 2.65. The summed E-state index contributed by atoms with van der Waals surface area (Å²) in [5.74, 6) is -0.0206. The highest BCUT2D eigenvalue weighted by molar-refractivity contribution is 5.84. The molecule has 0 spiro atoms. The van der Waals surface area contributed by atoms with E-state index in [2.05, 4.69) is 10.1 Å². The van der Waals surface area contributed by atoms with Gasteiger partial charge in [0, 0.05) is 18.4 Å². The van der Waals surface area contributed by atoms with Crippen molar-refractivity contribution in [1.82, 2.24) is 10.1 Å². The molecule has 24 heavy (non-hydrogen) atoms. The van der Waals surface area contributed by atoms with E-state index >= 15 is 0 Å². The minimum absolute atomic E-state index is 0.225. The van der Waals surface area contributed by atoms with Gasteiger partial charge in [0.25, 0.3) is 0 Å². The van der Waals surface area contributed by atoms with Gasteiger partial charge in [-0.2, -0.15) is 0 Å².